The van der Waals surface area contributed by atoms with Crippen molar-refractivity contribution in [3.05, 3.63) is 23.7 Å². The maximum atomic E-state index is 12.4. The van der Waals surface area contributed by atoms with E-state index in [0.717, 1.165) is 43.5 Å². The summed E-state index contributed by atoms with van der Waals surface area (Å²) in [6, 6.07) is 0. The number of aromatic amines is 1. The lowest BCUT2D eigenvalue weighted by molar-refractivity contribution is -0.134. The minimum absolute atomic E-state index is 0.142. The molecule has 1 fully saturated rings. The molecule has 5 nitrogen and oxygen atoms in total. The molecular weight excluding hydrogens is 240 g/mol. The summed E-state index contributed by atoms with van der Waals surface area (Å²) in [5.41, 5.74) is 1.84. The molecule has 1 saturated carbocycles. The van der Waals surface area contributed by atoms with Crippen molar-refractivity contribution in [1.29, 1.82) is 0 Å². The molecule has 102 valence electrons. The van der Waals surface area contributed by atoms with E-state index in [1.807, 2.05) is 18.5 Å². The van der Waals surface area contributed by atoms with Gasteiger partial charge in [0.1, 0.15) is 5.54 Å². The number of carbonyl (C=O) groups is 1. The van der Waals surface area contributed by atoms with Crippen LogP contribution in [0.25, 0.3) is 6.08 Å². The number of likely N-dealkylation sites (N-methyl/N-ethyl adjacent to an activating group) is 1. The van der Waals surface area contributed by atoms with Crippen molar-refractivity contribution in [3.8, 4) is 0 Å². The van der Waals surface area contributed by atoms with Crippen molar-refractivity contribution in [2.45, 2.75) is 44.2 Å². The molecule has 1 amide bonds. The van der Waals surface area contributed by atoms with Crippen LogP contribution in [0, 0.1) is 0 Å². The normalized spacial score (nSPS) is 21.0. The fraction of sp³-hybridized carbons (Fsp3) is 0.571. The van der Waals surface area contributed by atoms with Crippen LogP contribution in [0.2, 0.25) is 0 Å². The Morgan fingerprint density at radius 2 is 2.21 bits per heavy atom. The standard InChI is InChI=1S/C14H20N4O/c1-15-13(19)14(6-3-2-4-7-14)18-8-5-12-11(10-18)9-16-17-12/h5,8-9H,2-4,6-7,10H2,1H3,(H,15,19)(H,16,17). The predicted octanol–water partition coefficient (Wildman–Crippen LogP) is 1.64. The monoisotopic (exact) mass is 260 g/mol. The number of nitrogens with one attached hydrogen (secondary N) is 2. The fourth-order valence-electron chi connectivity index (χ4n) is 3.30. The summed E-state index contributed by atoms with van der Waals surface area (Å²) in [6.45, 7) is 0.760. The molecule has 0 bridgehead atoms. The van der Waals surface area contributed by atoms with Gasteiger partial charge in [0, 0.05) is 25.4 Å². The quantitative estimate of drug-likeness (QED) is 0.850. The summed E-state index contributed by atoms with van der Waals surface area (Å²) >= 11 is 0. The Hall–Kier alpha value is -1.78. The van der Waals surface area contributed by atoms with Gasteiger partial charge in [0.25, 0.3) is 0 Å². The van der Waals surface area contributed by atoms with Crippen molar-refractivity contribution in [2.24, 2.45) is 0 Å². The van der Waals surface area contributed by atoms with Gasteiger partial charge in [0.2, 0.25) is 5.91 Å². The Balaban J connectivity index is 1.91. The van der Waals surface area contributed by atoms with Crippen LogP contribution in [0.4, 0.5) is 0 Å². The number of H-pyrrole nitrogens is 1. The number of hydrogen-bond donors (Lipinski definition) is 2. The molecule has 0 unspecified atom stereocenters. The van der Waals surface area contributed by atoms with Crippen molar-refractivity contribution < 1.29 is 4.79 Å². The van der Waals surface area contributed by atoms with Gasteiger partial charge in [0.15, 0.2) is 0 Å². The second-order valence-corrected chi connectivity index (χ2v) is 5.42. The highest BCUT2D eigenvalue weighted by atomic mass is 16.2. The minimum atomic E-state index is -0.377. The van der Waals surface area contributed by atoms with E-state index in [-0.39, 0.29) is 11.4 Å². The van der Waals surface area contributed by atoms with Crippen LogP contribution >= 0.6 is 0 Å². The Bertz CT molecular complexity index is 499. The van der Waals surface area contributed by atoms with Crippen LogP contribution in [0.5, 0.6) is 0 Å². The van der Waals surface area contributed by atoms with Gasteiger partial charge in [-0.05, 0) is 18.9 Å². The number of nitrogens with zero attached hydrogens (tertiary/aromatic N) is 2. The van der Waals surface area contributed by atoms with E-state index < -0.39 is 0 Å². The summed E-state index contributed by atoms with van der Waals surface area (Å²) in [7, 11) is 1.73. The van der Waals surface area contributed by atoms with Gasteiger partial charge in [-0.25, -0.2) is 0 Å². The van der Waals surface area contributed by atoms with Crippen molar-refractivity contribution in [3.63, 3.8) is 0 Å². The zero-order chi connectivity index (χ0) is 13.3. The highest BCUT2D eigenvalue weighted by Crippen LogP contribution is 2.37. The number of fused-ring (bicyclic) bond motifs is 1. The van der Waals surface area contributed by atoms with Crippen LogP contribution in [0.1, 0.15) is 43.4 Å². The van der Waals surface area contributed by atoms with E-state index in [0.29, 0.717) is 0 Å². The topological polar surface area (TPSA) is 61.0 Å². The first-order chi connectivity index (χ1) is 9.26. The predicted molar refractivity (Wildman–Crippen MR) is 73.0 cm³/mol. The SMILES string of the molecule is CNC(=O)C1(N2C=Cc3[nH]ncc3C2)CCCCC1. The Labute approximate surface area is 113 Å². The Kier molecular flexibility index (Phi) is 3.05. The molecule has 1 aromatic rings. The molecule has 0 spiro atoms. The van der Waals surface area contributed by atoms with Crippen molar-refractivity contribution in [1.82, 2.24) is 20.4 Å². The van der Waals surface area contributed by atoms with E-state index in [2.05, 4.69) is 20.4 Å². The van der Waals surface area contributed by atoms with Gasteiger partial charge >= 0.3 is 0 Å². The van der Waals surface area contributed by atoms with Crippen molar-refractivity contribution in [2.75, 3.05) is 7.05 Å². The smallest absolute Gasteiger partial charge is 0.245 e. The van der Waals surface area contributed by atoms with Crippen molar-refractivity contribution >= 4 is 12.0 Å². The molecule has 1 aliphatic heterocycles. The third-order valence-corrected chi connectivity index (χ3v) is 4.39. The average molecular weight is 260 g/mol. The highest BCUT2D eigenvalue weighted by molar-refractivity contribution is 5.86. The van der Waals surface area contributed by atoms with Crippen LogP contribution < -0.4 is 5.32 Å². The lowest BCUT2D eigenvalue weighted by atomic mass is 9.79. The zero-order valence-corrected chi connectivity index (χ0v) is 11.3. The van der Waals surface area contributed by atoms with Gasteiger partial charge in [-0.2, -0.15) is 5.10 Å². The first-order valence-electron chi connectivity index (χ1n) is 6.96. The Morgan fingerprint density at radius 1 is 1.42 bits per heavy atom. The van der Waals surface area contributed by atoms with Gasteiger partial charge in [-0.3, -0.25) is 9.89 Å². The van der Waals surface area contributed by atoms with Crippen LogP contribution in [0.3, 0.4) is 0 Å². The summed E-state index contributed by atoms with van der Waals surface area (Å²) in [5.74, 6) is 0.142. The molecule has 2 aliphatic rings. The summed E-state index contributed by atoms with van der Waals surface area (Å²) in [6.07, 6.45) is 11.3. The molecule has 1 aliphatic carbocycles. The van der Waals surface area contributed by atoms with Gasteiger partial charge < -0.3 is 10.2 Å². The maximum Gasteiger partial charge on any atom is 0.245 e. The Morgan fingerprint density at radius 3 is 2.95 bits per heavy atom. The second kappa shape index (κ2) is 4.72. The van der Waals surface area contributed by atoms with Crippen LogP contribution in [-0.4, -0.2) is 33.6 Å². The summed E-state index contributed by atoms with van der Waals surface area (Å²) < 4.78 is 0. The molecule has 1 aromatic heterocycles. The number of carbonyl (C=O) groups excluding carboxylic acids is 1. The molecule has 19 heavy (non-hydrogen) atoms. The van der Waals surface area contributed by atoms with Gasteiger partial charge in [-0.1, -0.05) is 19.3 Å². The third-order valence-electron chi connectivity index (χ3n) is 4.39. The average Bonchev–Trinajstić information content (AvgIpc) is 2.94. The van der Waals surface area contributed by atoms with E-state index in [4.69, 9.17) is 0 Å². The number of rotatable bonds is 2. The number of amides is 1. The van der Waals surface area contributed by atoms with Crippen LogP contribution in [0.15, 0.2) is 12.4 Å². The summed E-state index contributed by atoms with van der Waals surface area (Å²) in [5, 5.41) is 9.89. The molecule has 2 heterocycles. The first-order valence-corrected chi connectivity index (χ1v) is 6.96. The van der Waals surface area contributed by atoms with Gasteiger partial charge in [-0.15, -0.1) is 0 Å². The minimum Gasteiger partial charge on any atom is -0.359 e. The molecule has 0 saturated heterocycles. The summed E-state index contributed by atoms with van der Waals surface area (Å²) in [4.78, 5) is 14.6. The lowest BCUT2D eigenvalue weighted by Crippen LogP contribution is -2.57. The van der Waals surface area contributed by atoms with E-state index in [9.17, 15) is 4.79 Å². The molecule has 3 rings (SSSR count). The lowest BCUT2D eigenvalue weighted by Gasteiger charge is -2.45. The molecule has 0 radical (unpaired) electrons. The van der Waals surface area contributed by atoms with E-state index in [1.54, 1.807) is 7.05 Å². The third kappa shape index (κ3) is 1.93. The van der Waals surface area contributed by atoms with E-state index >= 15 is 0 Å². The zero-order valence-electron chi connectivity index (χ0n) is 11.3. The largest absolute Gasteiger partial charge is 0.359 e. The number of aromatic nitrogens is 2. The molecule has 0 aromatic carbocycles. The fourth-order valence-corrected chi connectivity index (χ4v) is 3.30. The molecule has 0 atom stereocenters. The van der Waals surface area contributed by atoms with Gasteiger partial charge in [0.05, 0.1) is 11.9 Å². The second-order valence-electron chi connectivity index (χ2n) is 5.42. The highest BCUT2D eigenvalue weighted by Gasteiger charge is 2.43. The molecule has 5 heteroatoms. The van der Waals surface area contributed by atoms with Crippen LogP contribution in [-0.2, 0) is 11.3 Å². The first kappa shape index (κ1) is 12.3. The van der Waals surface area contributed by atoms with E-state index in [1.165, 1.54) is 6.42 Å². The molecular formula is C14H20N4O. The number of hydrogen-bond acceptors (Lipinski definition) is 3. The maximum absolute atomic E-state index is 12.4. The molecule has 2 N–H and O–H groups in total.